The molecule has 3 N–H and O–H groups in total. The minimum atomic E-state index is -0.148. The quantitative estimate of drug-likeness (QED) is 0.581. The van der Waals surface area contributed by atoms with E-state index in [9.17, 15) is 4.79 Å². The van der Waals surface area contributed by atoms with Crippen molar-refractivity contribution in [3.8, 4) is 0 Å². The van der Waals surface area contributed by atoms with Crippen molar-refractivity contribution in [3.05, 3.63) is 23.7 Å². The Balaban J connectivity index is 0.000000810. The minimum absolute atomic E-state index is 0. The van der Waals surface area contributed by atoms with Gasteiger partial charge in [0.25, 0.3) is 0 Å². The SMILES string of the molecule is O.O=Cc1occc1CO. The summed E-state index contributed by atoms with van der Waals surface area (Å²) >= 11 is 0. The highest BCUT2D eigenvalue weighted by Gasteiger charge is 2.00. The fourth-order valence-electron chi connectivity index (χ4n) is 0.581. The van der Waals surface area contributed by atoms with Crippen LogP contribution in [0.1, 0.15) is 16.1 Å². The molecule has 4 heteroatoms. The highest BCUT2D eigenvalue weighted by molar-refractivity contribution is 5.72. The first-order valence-corrected chi connectivity index (χ1v) is 2.51. The molecule has 1 aromatic heterocycles. The Labute approximate surface area is 57.4 Å². The molecular formula is C6H8O4. The molecule has 56 valence electrons. The third kappa shape index (κ3) is 1.43. The van der Waals surface area contributed by atoms with E-state index in [0.29, 0.717) is 11.8 Å². The molecule has 4 nitrogen and oxygen atoms in total. The third-order valence-electron chi connectivity index (χ3n) is 1.06. The van der Waals surface area contributed by atoms with E-state index in [2.05, 4.69) is 4.42 Å². The number of aliphatic hydroxyl groups excluding tert-OH is 1. The zero-order valence-electron chi connectivity index (χ0n) is 5.20. The summed E-state index contributed by atoms with van der Waals surface area (Å²) in [6.45, 7) is -0.148. The molecule has 0 saturated heterocycles. The minimum Gasteiger partial charge on any atom is -0.461 e. The number of hydrogen-bond acceptors (Lipinski definition) is 3. The number of carbonyl (C=O) groups is 1. The second-order valence-corrected chi connectivity index (χ2v) is 1.59. The van der Waals surface area contributed by atoms with Gasteiger partial charge >= 0.3 is 0 Å². The number of carbonyl (C=O) groups excluding carboxylic acids is 1. The maximum Gasteiger partial charge on any atom is 0.185 e. The summed E-state index contributed by atoms with van der Waals surface area (Å²) < 4.78 is 4.68. The maximum atomic E-state index is 10.0. The fourth-order valence-corrected chi connectivity index (χ4v) is 0.581. The van der Waals surface area contributed by atoms with Crippen LogP contribution in [0.3, 0.4) is 0 Å². The first kappa shape index (κ1) is 8.87. The lowest BCUT2D eigenvalue weighted by Crippen LogP contribution is -1.84. The first-order chi connectivity index (χ1) is 4.38. The van der Waals surface area contributed by atoms with E-state index in [4.69, 9.17) is 5.11 Å². The predicted octanol–water partition coefficient (Wildman–Crippen LogP) is -0.240. The standard InChI is InChI=1S/C6H6O3.H2O/c7-3-5-1-2-9-6(5)4-8;/h1-2,4,7H,3H2;1H2. The van der Waals surface area contributed by atoms with Gasteiger partial charge in [-0.1, -0.05) is 0 Å². The lowest BCUT2D eigenvalue weighted by Gasteiger charge is -1.85. The van der Waals surface area contributed by atoms with Crippen molar-refractivity contribution in [2.24, 2.45) is 0 Å². The third-order valence-corrected chi connectivity index (χ3v) is 1.06. The van der Waals surface area contributed by atoms with Crippen molar-refractivity contribution in [2.45, 2.75) is 6.61 Å². The Hall–Kier alpha value is -1.13. The Morgan fingerprint density at radius 1 is 1.70 bits per heavy atom. The van der Waals surface area contributed by atoms with Crippen LogP contribution in [0.2, 0.25) is 0 Å². The van der Waals surface area contributed by atoms with Gasteiger partial charge in [-0.05, 0) is 6.07 Å². The van der Waals surface area contributed by atoms with Crippen LogP contribution in [0, 0.1) is 0 Å². The van der Waals surface area contributed by atoms with Crippen molar-refractivity contribution < 1.29 is 19.8 Å². The average Bonchev–Trinajstić information content (AvgIpc) is 2.33. The van der Waals surface area contributed by atoms with E-state index in [1.54, 1.807) is 6.07 Å². The van der Waals surface area contributed by atoms with Crippen molar-refractivity contribution in [2.75, 3.05) is 0 Å². The monoisotopic (exact) mass is 144 g/mol. The van der Waals surface area contributed by atoms with Crippen LogP contribution in [0.5, 0.6) is 0 Å². The molecule has 0 amide bonds. The zero-order valence-corrected chi connectivity index (χ0v) is 5.20. The van der Waals surface area contributed by atoms with Gasteiger partial charge in [0.15, 0.2) is 12.0 Å². The number of aldehydes is 1. The Morgan fingerprint density at radius 3 is 2.80 bits per heavy atom. The molecule has 0 aliphatic carbocycles. The highest BCUT2D eigenvalue weighted by atomic mass is 16.3. The van der Waals surface area contributed by atoms with Crippen LogP contribution in [0.15, 0.2) is 16.7 Å². The van der Waals surface area contributed by atoms with Crippen LogP contribution >= 0.6 is 0 Å². The van der Waals surface area contributed by atoms with Gasteiger partial charge in [-0.15, -0.1) is 0 Å². The van der Waals surface area contributed by atoms with Gasteiger partial charge in [0.1, 0.15) is 0 Å². The highest BCUT2D eigenvalue weighted by Crippen LogP contribution is 2.06. The lowest BCUT2D eigenvalue weighted by atomic mass is 10.3. The van der Waals surface area contributed by atoms with Gasteiger partial charge in [0, 0.05) is 5.56 Å². The van der Waals surface area contributed by atoms with Crippen LogP contribution in [0.4, 0.5) is 0 Å². The molecular weight excluding hydrogens is 136 g/mol. The second-order valence-electron chi connectivity index (χ2n) is 1.59. The van der Waals surface area contributed by atoms with Crippen molar-refractivity contribution in [1.82, 2.24) is 0 Å². The lowest BCUT2D eigenvalue weighted by molar-refractivity contribution is 0.109. The van der Waals surface area contributed by atoms with E-state index in [1.807, 2.05) is 0 Å². The largest absolute Gasteiger partial charge is 0.461 e. The molecule has 0 unspecified atom stereocenters. The Morgan fingerprint density at radius 2 is 2.40 bits per heavy atom. The molecule has 10 heavy (non-hydrogen) atoms. The van der Waals surface area contributed by atoms with Gasteiger partial charge in [0.2, 0.25) is 0 Å². The van der Waals surface area contributed by atoms with E-state index < -0.39 is 0 Å². The smallest absolute Gasteiger partial charge is 0.185 e. The fraction of sp³-hybridized carbons (Fsp3) is 0.167. The summed E-state index contributed by atoms with van der Waals surface area (Å²) in [7, 11) is 0. The first-order valence-electron chi connectivity index (χ1n) is 2.51. The van der Waals surface area contributed by atoms with Crippen molar-refractivity contribution in [3.63, 3.8) is 0 Å². The number of hydrogen-bond donors (Lipinski definition) is 1. The number of furan rings is 1. The summed E-state index contributed by atoms with van der Waals surface area (Å²) in [4.78, 5) is 10.0. The predicted molar refractivity (Wildman–Crippen MR) is 33.6 cm³/mol. The van der Waals surface area contributed by atoms with Gasteiger partial charge < -0.3 is 15.0 Å². The molecule has 0 radical (unpaired) electrons. The zero-order chi connectivity index (χ0) is 6.69. The number of rotatable bonds is 2. The Bertz CT molecular complexity index is 203. The van der Waals surface area contributed by atoms with Crippen molar-refractivity contribution in [1.29, 1.82) is 0 Å². The molecule has 0 saturated carbocycles. The molecule has 0 aliphatic rings. The summed E-state index contributed by atoms with van der Waals surface area (Å²) in [5.41, 5.74) is 0.532. The molecule has 1 heterocycles. The van der Waals surface area contributed by atoms with Crippen LogP contribution in [-0.2, 0) is 6.61 Å². The molecule has 1 rings (SSSR count). The number of aliphatic hydroxyl groups is 1. The van der Waals surface area contributed by atoms with E-state index in [1.165, 1.54) is 6.26 Å². The van der Waals surface area contributed by atoms with E-state index in [-0.39, 0.29) is 17.8 Å². The van der Waals surface area contributed by atoms with Gasteiger partial charge in [-0.3, -0.25) is 4.79 Å². The second kappa shape index (κ2) is 3.81. The topological polar surface area (TPSA) is 81.9 Å². The summed E-state index contributed by atoms with van der Waals surface area (Å²) in [6, 6.07) is 1.56. The molecule has 0 fully saturated rings. The summed E-state index contributed by atoms with van der Waals surface area (Å²) in [5.74, 6) is 0.206. The molecule has 0 atom stereocenters. The molecule has 0 aromatic carbocycles. The Kier molecular flexibility index (Phi) is 3.38. The van der Waals surface area contributed by atoms with Crippen LogP contribution in [0.25, 0.3) is 0 Å². The van der Waals surface area contributed by atoms with Crippen LogP contribution < -0.4 is 0 Å². The average molecular weight is 144 g/mol. The van der Waals surface area contributed by atoms with Gasteiger partial charge in [0.05, 0.1) is 12.9 Å². The van der Waals surface area contributed by atoms with Gasteiger partial charge in [-0.2, -0.15) is 0 Å². The molecule has 0 aliphatic heterocycles. The van der Waals surface area contributed by atoms with E-state index >= 15 is 0 Å². The molecule has 1 aromatic rings. The van der Waals surface area contributed by atoms with Crippen LogP contribution in [-0.4, -0.2) is 16.9 Å². The molecule has 0 spiro atoms. The summed E-state index contributed by atoms with van der Waals surface area (Å²) in [5, 5.41) is 8.52. The molecule has 0 bridgehead atoms. The summed E-state index contributed by atoms with van der Waals surface area (Å²) in [6.07, 6.45) is 1.95. The van der Waals surface area contributed by atoms with E-state index in [0.717, 1.165) is 0 Å². The van der Waals surface area contributed by atoms with Crippen molar-refractivity contribution >= 4 is 6.29 Å². The maximum absolute atomic E-state index is 10.0. The normalized spacial score (nSPS) is 8.50. The van der Waals surface area contributed by atoms with Gasteiger partial charge in [-0.25, -0.2) is 0 Å².